The van der Waals surface area contributed by atoms with Gasteiger partial charge in [0.15, 0.2) is 0 Å². The van der Waals surface area contributed by atoms with Gasteiger partial charge in [-0.3, -0.25) is 4.79 Å². The van der Waals surface area contributed by atoms with Crippen LogP contribution < -0.4 is 5.32 Å². The van der Waals surface area contributed by atoms with Crippen LogP contribution in [0.25, 0.3) is 0 Å². The van der Waals surface area contributed by atoms with Gasteiger partial charge >= 0.3 is 0 Å². The SMILES string of the molecule is CCCCC(=O)NC(C)c1ccc(Cl)cc1. The average Bonchev–Trinajstić information content (AvgIpc) is 2.27. The highest BCUT2D eigenvalue weighted by atomic mass is 35.5. The molecular formula is C13H18ClNO. The lowest BCUT2D eigenvalue weighted by Gasteiger charge is -2.14. The van der Waals surface area contributed by atoms with E-state index in [9.17, 15) is 4.79 Å². The first-order valence-corrected chi connectivity index (χ1v) is 6.06. The van der Waals surface area contributed by atoms with E-state index in [0.717, 1.165) is 18.4 Å². The maximum absolute atomic E-state index is 11.5. The van der Waals surface area contributed by atoms with Crippen LogP contribution in [0.4, 0.5) is 0 Å². The molecule has 0 fully saturated rings. The van der Waals surface area contributed by atoms with Gasteiger partial charge in [-0.1, -0.05) is 37.1 Å². The molecule has 0 aliphatic carbocycles. The number of carbonyl (C=O) groups is 1. The quantitative estimate of drug-likeness (QED) is 0.834. The molecule has 0 radical (unpaired) electrons. The number of benzene rings is 1. The van der Waals surface area contributed by atoms with Crippen LogP contribution in [0.5, 0.6) is 0 Å². The van der Waals surface area contributed by atoms with Gasteiger partial charge in [-0.05, 0) is 31.0 Å². The summed E-state index contributed by atoms with van der Waals surface area (Å²) < 4.78 is 0. The minimum Gasteiger partial charge on any atom is -0.350 e. The molecule has 2 nitrogen and oxygen atoms in total. The Morgan fingerprint density at radius 1 is 1.38 bits per heavy atom. The number of hydrogen-bond donors (Lipinski definition) is 1. The van der Waals surface area contributed by atoms with Crippen molar-refractivity contribution in [1.82, 2.24) is 5.32 Å². The molecule has 1 amide bonds. The Balaban J connectivity index is 2.48. The van der Waals surface area contributed by atoms with Crippen LogP contribution in [-0.4, -0.2) is 5.91 Å². The molecule has 0 saturated carbocycles. The largest absolute Gasteiger partial charge is 0.350 e. The van der Waals surface area contributed by atoms with Crippen LogP contribution in [-0.2, 0) is 4.79 Å². The van der Waals surface area contributed by atoms with Crippen molar-refractivity contribution in [1.29, 1.82) is 0 Å². The van der Waals surface area contributed by atoms with E-state index < -0.39 is 0 Å². The summed E-state index contributed by atoms with van der Waals surface area (Å²) in [6, 6.07) is 7.60. The van der Waals surface area contributed by atoms with Gasteiger partial charge in [0.25, 0.3) is 0 Å². The van der Waals surface area contributed by atoms with Crippen LogP contribution in [0.3, 0.4) is 0 Å². The van der Waals surface area contributed by atoms with Crippen LogP contribution in [0.1, 0.15) is 44.7 Å². The first-order valence-electron chi connectivity index (χ1n) is 5.68. The molecule has 1 unspecified atom stereocenters. The zero-order valence-corrected chi connectivity index (χ0v) is 10.6. The van der Waals surface area contributed by atoms with E-state index in [-0.39, 0.29) is 11.9 Å². The highest BCUT2D eigenvalue weighted by molar-refractivity contribution is 6.30. The number of amides is 1. The maximum atomic E-state index is 11.5. The third kappa shape index (κ3) is 4.23. The number of hydrogen-bond acceptors (Lipinski definition) is 1. The van der Waals surface area contributed by atoms with Gasteiger partial charge in [-0.15, -0.1) is 0 Å². The molecule has 1 atom stereocenters. The summed E-state index contributed by atoms with van der Waals surface area (Å²) >= 11 is 5.80. The maximum Gasteiger partial charge on any atom is 0.220 e. The topological polar surface area (TPSA) is 29.1 Å². The third-order valence-electron chi connectivity index (χ3n) is 2.50. The predicted octanol–water partition coefficient (Wildman–Crippen LogP) is 3.71. The minimum absolute atomic E-state index is 0.0432. The zero-order chi connectivity index (χ0) is 12.0. The molecule has 0 aromatic heterocycles. The summed E-state index contributed by atoms with van der Waals surface area (Å²) in [6.07, 6.45) is 2.59. The summed E-state index contributed by atoms with van der Waals surface area (Å²) in [5, 5.41) is 3.68. The molecule has 1 aromatic carbocycles. The minimum atomic E-state index is 0.0432. The van der Waals surface area contributed by atoms with Crippen molar-refractivity contribution in [2.75, 3.05) is 0 Å². The molecule has 1 aromatic rings. The first-order chi connectivity index (χ1) is 7.63. The van der Waals surface area contributed by atoms with Gasteiger partial charge < -0.3 is 5.32 Å². The number of carbonyl (C=O) groups excluding carboxylic acids is 1. The number of unbranched alkanes of at least 4 members (excludes halogenated alkanes) is 1. The Morgan fingerprint density at radius 2 is 2.00 bits per heavy atom. The molecule has 16 heavy (non-hydrogen) atoms. The lowest BCUT2D eigenvalue weighted by molar-refractivity contribution is -0.121. The molecule has 88 valence electrons. The molecule has 3 heteroatoms. The van der Waals surface area contributed by atoms with Gasteiger partial charge in [0.2, 0.25) is 5.91 Å². The number of halogens is 1. The summed E-state index contributed by atoms with van der Waals surface area (Å²) in [7, 11) is 0. The van der Waals surface area contributed by atoms with Crippen molar-refractivity contribution in [3.63, 3.8) is 0 Å². The molecule has 0 saturated heterocycles. The van der Waals surface area contributed by atoms with Crippen molar-refractivity contribution < 1.29 is 4.79 Å². The highest BCUT2D eigenvalue weighted by Crippen LogP contribution is 2.16. The fourth-order valence-corrected chi connectivity index (χ4v) is 1.61. The van der Waals surface area contributed by atoms with Crippen molar-refractivity contribution >= 4 is 17.5 Å². The summed E-state index contributed by atoms with van der Waals surface area (Å²) in [6.45, 7) is 4.06. The van der Waals surface area contributed by atoms with E-state index in [1.807, 2.05) is 31.2 Å². The van der Waals surface area contributed by atoms with E-state index in [1.165, 1.54) is 0 Å². The second kappa shape index (κ2) is 6.54. The Morgan fingerprint density at radius 3 is 2.56 bits per heavy atom. The molecule has 1 N–H and O–H groups in total. The Hall–Kier alpha value is -1.02. The van der Waals surface area contributed by atoms with Gasteiger partial charge in [0.1, 0.15) is 0 Å². The van der Waals surface area contributed by atoms with Gasteiger partial charge in [0, 0.05) is 11.4 Å². The fourth-order valence-electron chi connectivity index (χ4n) is 1.49. The fraction of sp³-hybridized carbons (Fsp3) is 0.462. The smallest absolute Gasteiger partial charge is 0.220 e. The van der Waals surface area contributed by atoms with E-state index in [1.54, 1.807) is 0 Å². The summed E-state index contributed by atoms with van der Waals surface area (Å²) in [5.74, 6) is 0.115. The normalized spacial score (nSPS) is 12.2. The lowest BCUT2D eigenvalue weighted by Crippen LogP contribution is -2.26. The lowest BCUT2D eigenvalue weighted by atomic mass is 10.1. The average molecular weight is 240 g/mol. The molecule has 0 heterocycles. The van der Waals surface area contributed by atoms with E-state index >= 15 is 0 Å². The Labute approximate surface area is 102 Å². The van der Waals surface area contributed by atoms with Crippen molar-refractivity contribution in [3.05, 3.63) is 34.9 Å². The third-order valence-corrected chi connectivity index (χ3v) is 2.76. The van der Waals surface area contributed by atoms with Crippen molar-refractivity contribution in [3.8, 4) is 0 Å². The predicted molar refractivity (Wildman–Crippen MR) is 67.5 cm³/mol. The molecule has 0 aliphatic rings. The number of rotatable bonds is 5. The Kier molecular flexibility index (Phi) is 5.33. The van der Waals surface area contributed by atoms with E-state index in [4.69, 9.17) is 11.6 Å². The highest BCUT2D eigenvalue weighted by Gasteiger charge is 2.08. The Bertz CT molecular complexity index is 334. The molecule has 0 bridgehead atoms. The molecule has 0 aliphatic heterocycles. The van der Waals surface area contributed by atoms with Crippen LogP contribution in [0.15, 0.2) is 24.3 Å². The van der Waals surface area contributed by atoms with Gasteiger partial charge in [-0.25, -0.2) is 0 Å². The van der Waals surface area contributed by atoms with Crippen LogP contribution in [0.2, 0.25) is 5.02 Å². The van der Waals surface area contributed by atoms with Crippen molar-refractivity contribution in [2.45, 2.75) is 39.2 Å². The molecular weight excluding hydrogens is 222 g/mol. The second-order valence-corrected chi connectivity index (χ2v) is 4.38. The molecule has 1 rings (SSSR count). The summed E-state index contributed by atoms with van der Waals surface area (Å²) in [4.78, 5) is 11.5. The van der Waals surface area contributed by atoms with Crippen LogP contribution >= 0.6 is 11.6 Å². The van der Waals surface area contributed by atoms with Gasteiger partial charge in [0.05, 0.1) is 6.04 Å². The first kappa shape index (κ1) is 13.0. The van der Waals surface area contributed by atoms with E-state index in [2.05, 4.69) is 12.2 Å². The summed E-state index contributed by atoms with van der Waals surface area (Å²) in [5.41, 5.74) is 1.08. The molecule has 0 spiro atoms. The zero-order valence-electron chi connectivity index (χ0n) is 9.79. The standard InChI is InChI=1S/C13H18ClNO/c1-3-4-5-13(16)15-10(2)11-6-8-12(14)9-7-11/h6-10H,3-5H2,1-2H3,(H,15,16). The van der Waals surface area contributed by atoms with Crippen molar-refractivity contribution in [2.24, 2.45) is 0 Å². The number of nitrogens with one attached hydrogen (secondary N) is 1. The monoisotopic (exact) mass is 239 g/mol. The van der Waals surface area contributed by atoms with Crippen LogP contribution in [0, 0.1) is 0 Å². The van der Waals surface area contributed by atoms with E-state index in [0.29, 0.717) is 11.4 Å². The second-order valence-electron chi connectivity index (χ2n) is 3.94. The van der Waals surface area contributed by atoms with Gasteiger partial charge in [-0.2, -0.15) is 0 Å².